The van der Waals surface area contributed by atoms with Gasteiger partial charge in [0.15, 0.2) is 0 Å². The Hall–Kier alpha value is -5.13. The maximum Gasteiger partial charge on any atom is 0.280 e. The quantitative estimate of drug-likeness (QED) is 0.157. The lowest BCUT2D eigenvalue weighted by Crippen LogP contribution is -2.27. The molecule has 0 aliphatic rings. The van der Waals surface area contributed by atoms with E-state index in [1.807, 2.05) is 25.1 Å². The van der Waals surface area contributed by atoms with E-state index in [4.69, 9.17) is 4.42 Å². The monoisotopic (exact) mass is 608 g/mol. The van der Waals surface area contributed by atoms with Crippen molar-refractivity contribution in [3.63, 3.8) is 0 Å². The molecule has 0 unspecified atom stereocenters. The number of amides is 1. The van der Waals surface area contributed by atoms with E-state index in [2.05, 4.69) is 10.1 Å². The van der Waals surface area contributed by atoms with E-state index in [-0.39, 0.29) is 26.6 Å². The van der Waals surface area contributed by atoms with Gasteiger partial charge in [0.05, 0.1) is 38.0 Å². The SMILES string of the molecule is Cc1ccc2nc(N(/N=C/c3coc4ccccc4c3=O)C(=O)c3ccc(S(=O)(=O)N(C)c4ccccc4)cc3)sc2c1. The minimum absolute atomic E-state index is 0.0229. The molecule has 0 spiro atoms. The number of fused-ring (bicyclic) bond motifs is 2. The second kappa shape index (κ2) is 11.3. The zero-order valence-electron chi connectivity index (χ0n) is 23.0. The molecule has 0 aliphatic heterocycles. The van der Waals surface area contributed by atoms with E-state index in [0.717, 1.165) is 15.3 Å². The maximum absolute atomic E-state index is 13.8. The molecule has 0 bridgehead atoms. The van der Waals surface area contributed by atoms with Crippen LogP contribution in [0.1, 0.15) is 21.5 Å². The normalized spacial score (nSPS) is 11.8. The largest absolute Gasteiger partial charge is 0.463 e. The molecular weight excluding hydrogens is 585 g/mol. The molecule has 0 saturated heterocycles. The Bertz CT molecular complexity index is 2170. The Kier molecular flexibility index (Phi) is 7.34. The molecule has 2 aromatic heterocycles. The van der Waals surface area contributed by atoms with Crippen molar-refractivity contribution >= 4 is 65.5 Å². The number of nitrogens with zero attached hydrogens (tertiary/aromatic N) is 4. The summed E-state index contributed by atoms with van der Waals surface area (Å²) in [6.07, 6.45) is 2.56. The third kappa shape index (κ3) is 5.43. The van der Waals surface area contributed by atoms with E-state index in [0.29, 0.717) is 22.2 Å². The van der Waals surface area contributed by atoms with Crippen molar-refractivity contribution in [2.75, 3.05) is 16.4 Å². The lowest BCUT2D eigenvalue weighted by atomic mass is 10.2. The number of hydrogen-bond donors (Lipinski definition) is 0. The highest BCUT2D eigenvalue weighted by atomic mass is 32.2. The third-order valence-electron chi connectivity index (χ3n) is 6.80. The van der Waals surface area contributed by atoms with Crippen molar-refractivity contribution in [3.8, 4) is 0 Å². The molecular formula is C32H24N4O5S2. The lowest BCUT2D eigenvalue weighted by Gasteiger charge is -2.19. The Morgan fingerprint density at radius 3 is 2.44 bits per heavy atom. The molecule has 6 rings (SSSR count). The summed E-state index contributed by atoms with van der Waals surface area (Å²) in [6, 6.07) is 26.9. The smallest absolute Gasteiger partial charge is 0.280 e. The van der Waals surface area contributed by atoms with Gasteiger partial charge in [0.2, 0.25) is 10.6 Å². The van der Waals surface area contributed by atoms with Crippen molar-refractivity contribution in [1.29, 1.82) is 0 Å². The molecule has 4 aromatic carbocycles. The number of thiazole rings is 1. The number of sulfonamides is 1. The standard InChI is InChI=1S/C32H24N4O5S2/c1-21-12-17-27-29(18-21)42-32(34-27)36(33-19-23-20-41-28-11-7-6-10-26(28)30(23)37)31(38)22-13-15-25(16-14-22)43(39,40)35(2)24-8-4-3-5-9-24/h3-20H,1-2H3/b33-19+. The third-order valence-corrected chi connectivity index (χ3v) is 9.60. The molecule has 2 heterocycles. The van der Waals surface area contributed by atoms with Gasteiger partial charge in [0.25, 0.3) is 15.9 Å². The Morgan fingerprint density at radius 2 is 1.67 bits per heavy atom. The summed E-state index contributed by atoms with van der Waals surface area (Å²) in [6.45, 7) is 1.96. The number of hydrazone groups is 1. The van der Waals surface area contributed by atoms with Crippen molar-refractivity contribution < 1.29 is 17.6 Å². The van der Waals surface area contributed by atoms with Gasteiger partial charge in [-0.25, -0.2) is 13.4 Å². The summed E-state index contributed by atoms with van der Waals surface area (Å²) in [5.41, 5.74) is 2.71. The van der Waals surface area contributed by atoms with Gasteiger partial charge < -0.3 is 4.42 Å². The van der Waals surface area contributed by atoms with Gasteiger partial charge in [-0.05, 0) is 73.2 Å². The highest BCUT2D eigenvalue weighted by Crippen LogP contribution is 2.31. The minimum Gasteiger partial charge on any atom is -0.463 e. The molecule has 0 fully saturated rings. The zero-order valence-corrected chi connectivity index (χ0v) is 24.7. The van der Waals surface area contributed by atoms with E-state index in [9.17, 15) is 18.0 Å². The van der Waals surface area contributed by atoms with Crippen LogP contribution in [-0.2, 0) is 10.0 Å². The predicted octanol–water partition coefficient (Wildman–Crippen LogP) is 6.22. The average Bonchev–Trinajstić information content (AvgIpc) is 3.45. The van der Waals surface area contributed by atoms with Crippen LogP contribution in [-0.4, -0.2) is 32.6 Å². The Balaban J connectivity index is 1.37. The summed E-state index contributed by atoms with van der Waals surface area (Å²) in [4.78, 5) is 31.5. The van der Waals surface area contributed by atoms with Crippen LogP contribution in [0.4, 0.5) is 10.8 Å². The van der Waals surface area contributed by atoms with Crippen molar-refractivity contribution in [3.05, 3.63) is 130 Å². The van der Waals surface area contributed by atoms with Crippen LogP contribution in [0.15, 0.2) is 123 Å². The van der Waals surface area contributed by atoms with E-state index >= 15 is 0 Å². The number of benzene rings is 4. The van der Waals surface area contributed by atoms with Crippen LogP contribution in [0.25, 0.3) is 21.2 Å². The van der Waals surface area contributed by atoms with Crippen molar-refractivity contribution in [1.82, 2.24) is 4.98 Å². The molecule has 0 atom stereocenters. The highest BCUT2D eigenvalue weighted by Gasteiger charge is 2.24. The second-order valence-electron chi connectivity index (χ2n) is 9.68. The topological polar surface area (TPSA) is 113 Å². The fourth-order valence-corrected chi connectivity index (χ4v) is 6.64. The van der Waals surface area contributed by atoms with Gasteiger partial charge in [0, 0.05) is 12.6 Å². The number of anilines is 2. The van der Waals surface area contributed by atoms with Crippen molar-refractivity contribution in [2.24, 2.45) is 5.10 Å². The predicted molar refractivity (Wildman–Crippen MR) is 170 cm³/mol. The zero-order chi connectivity index (χ0) is 30.1. The molecule has 214 valence electrons. The number of carbonyl (C=O) groups excluding carboxylic acids is 1. The average molecular weight is 609 g/mol. The van der Waals surface area contributed by atoms with Crippen LogP contribution in [0.5, 0.6) is 0 Å². The van der Waals surface area contributed by atoms with Crippen LogP contribution < -0.4 is 14.7 Å². The number of carbonyl (C=O) groups is 1. The van der Waals surface area contributed by atoms with Gasteiger partial charge in [-0.1, -0.05) is 47.7 Å². The van der Waals surface area contributed by atoms with Crippen LogP contribution in [0.3, 0.4) is 0 Å². The summed E-state index contributed by atoms with van der Waals surface area (Å²) < 4.78 is 34.1. The van der Waals surface area contributed by atoms with Gasteiger partial charge >= 0.3 is 0 Å². The Labute approximate surface area is 251 Å². The summed E-state index contributed by atoms with van der Waals surface area (Å²) in [5.74, 6) is -0.558. The first-order chi connectivity index (χ1) is 20.7. The molecule has 9 nitrogen and oxygen atoms in total. The molecule has 6 aromatic rings. The first-order valence-corrected chi connectivity index (χ1v) is 15.4. The fraction of sp³-hybridized carbons (Fsp3) is 0.0625. The molecule has 11 heteroatoms. The Morgan fingerprint density at radius 1 is 0.953 bits per heavy atom. The minimum atomic E-state index is -3.87. The first kappa shape index (κ1) is 28.0. The van der Waals surface area contributed by atoms with Crippen LogP contribution in [0.2, 0.25) is 0 Å². The van der Waals surface area contributed by atoms with Gasteiger partial charge in [0.1, 0.15) is 11.8 Å². The highest BCUT2D eigenvalue weighted by molar-refractivity contribution is 7.92. The van der Waals surface area contributed by atoms with E-state index in [1.165, 1.54) is 59.4 Å². The van der Waals surface area contributed by atoms with Gasteiger partial charge in [-0.2, -0.15) is 10.1 Å². The summed E-state index contributed by atoms with van der Waals surface area (Å²) >= 11 is 1.27. The van der Waals surface area contributed by atoms with Crippen molar-refractivity contribution in [2.45, 2.75) is 11.8 Å². The molecule has 1 amide bonds. The van der Waals surface area contributed by atoms with Crippen LogP contribution in [0, 0.1) is 6.92 Å². The molecule has 0 radical (unpaired) electrons. The number of para-hydroxylation sites is 2. The first-order valence-electron chi connectivity index (χ1n) is 13.1. The second-order valence-corrected chi connectivity index (χ2v) is 12.7. The summed E-state index contributed by atoms with van der Waals surface area (Å²) in [7, 11) is -2.40. The fourth-order valence-electron chi connectivity index (χ4n) is 4.43. The van der Waals surface area contributed by atoms with Gasteiger partial charge in [-0.15, -0.1) is 0 Å². The molecule has 0 saturated carbocycles. The molecule has 0 aliphatic carbocycles. The van der Waals surface area contributed by atoms with Crippen LogP contribution >= 0.6 is 11.3 Å². The maximum atomic E-state index is 13.8. The number of rotatable bonds is 7. The molecule has 0 N–H and O–H groups in total. The van der Waals surface area contributed by atoms with E-state index < -0.39 is 15.9 Å². The molecule has 43 heavy (non-hydrogen) atoms. The summed E-state index contributed by atoms with van der Waals surface area (Å²) in [5, 5.41) is 6.16. The number of hydrogen-bond acceptors (Lipinski definition) is 8. The number of aryl methyl sites for hydroxylation is 1. The van der Waals surface area contributed by atoms with E-state index in [1.54, 1.807) is 54.6 Å². The number of aromatic nitrogens is 1. The van der Waals surface area contributed by atoms with Gasteiger partial charge in [-0.3, -0.25) is 13.9 Å². The lowest BCUT2D eigenvalue weighted by molar-refractivity contribution is 0.0987.